The predicted octanol–water partition coefficient (Wildman–Crippen LogP) is 12.3. The molecule has 0 bridgehead atoms. The molecule has 11 rings (SSSR count). The van der Waals surface area contributed by atoms with E-state index in [9.17, 15) is 0 Å². The molecule has 3 unspecified atom stereocenters. The molecule has 3 heteroatoms. The standard InChI is InChI=1S/C53H41N3/c1-5-18-36(19-6-1)38-22-17-23-39(34-38)47-35-46(37-20-7-2-8-21-37)54-52(55-47)56-48-31-16-14-29-43(48)51-49(56)33-32-45-50(51)42-28-13-15-30-44(42)53(45,40-24-9-3-10-25-40)41-26-11-4-12-27-41/h1-34,46-47,52,54-55H,35H2. The topological polar surface area (TPSA) is 29.0 Å². The van der Waals surface area contributed by atoms with Gasteiger partial charge in [0.05, 0.1) is 16.4 Å². The molecule has 0 amide bonds. The van der Waals surface area contributed by atoms with E-state index in [1.807, 2.05) is 0 Å². The Morgan fingerprint density at radius 1 is 0.446 bits per heavy atom. The zero-order chi connectivity index (χ0) is 37.1. The van der Waals surface area contributed by atoms with E-state index in [1.165, 1.54) is 77.4 Å². The van der Waals surface area contributed by atoms with Crippen molar-refractivity contribution in [1.29, 1.82) is 0 Å². The highest BCUT2D eigenvalue weighted by Gasteiger charge is 2.47. The fourth-order valence-electron chi connectivity index (χ4n) is 9.96. The molecule has 56 heavy (non-hydrogen) atoms. The van der Waals surface area contributed by atoms with E-state index in [4.69, 9.17) is 0 Å². The van der Waals surface area contributed by atoms with Crippen molar-refractivity contribution in [3.8, 4) is 22.3 Å². The maximum Gasteiger partial charge on any atom is 0.140 e. The Bertz CT molecular complexity index is 2800. The molecule has 9 aromatic rings. The van der Waals surface area contributed by atoms with Gasteiger partial charge in [0.1, 0.15) is 6.29 Å². The lowest BCUT2D eigenvalue weighted by molar-refractivity contribution is 0.197. The summed E-state index contributed by atoms with van der Waals surface area (Å²) in [4.78, 5) is 0. The maximum absolute atomic E-state index is 4.14. The quantitative estimate of drug-likeness (QED) is 0.179. The third-order valence-corrected chi connectivity index (χ3v) is 12.3. The minimum atomic E-state index is -0.458. The Balaban J connectivity index is 1.14. The maximum atomic E-state index is 4.14. The Morgan fingerprint density at radius 3 is 1.75 bits per heavy atom. The summed E-state index contributed by atoms with van der Waals surface area (Å²) in [5.74, 6) is 0. The van der Waals surface area contributed by atoms with Crippen LogP contribution < -0.4 is 10.6 Å². The van der Waals surface area contributed by atoms with Gasteiger partial charge in [-0.05, 0) is 80.3 Å². The van der Waals surface area contributed by atoms with Crippen molar-refractivity contribution in [2.75, 3.05) is 0 Å². The Labute approximate surface area is 327 Å². The molecule has 0 radical (unpaired) electrons. The van der Waals surface area contributed by atoms with Crippen molar-refractivity contribution >= 4 is 21.8 Å². The smallest absolute Gasteiger partial charge is 0.140 e. The molecule has 1 fully saturated rings. The van der Waals surface area contributed by atoms with E-state index < -0.39 is 5.41 Å². The van der Waals surface area contributed by atoms with E-state index in [-0.39, 0.29) is 18.4 Å². The van der Waals surface area contributed by atoms with Crippen LogP contribution in [0, 0.1) is 0 Å². The highest BCUT2D eigenvalue weighted by molar-refractivity contribution is 6.17. The third-order valence-electron chi connectivity index (χ3n) is 12.3. The number of nitrogens with zero attached hydrogens (tertiary/aromatic N) is 1. The van der Waals surface area contributed by atoms with Gasteiger partial charge in [0, 0.05) is 22.9 Å². The van der Waals surface area contributed by atoms with Gasteiger partial charge in [0.2, 0.25) is 0 Å². The summed E-state index contributed by atoms with van der Waals surface area (Å²) in [6, 6.07) is 76.1. The molecule has 2 heterocycles. The summed E-state index contributed by atoms with van der Waals surface area (Å²) in [6.07, 6.45) is 0.749. The van der Waals surface area contributed by atoms with Gasteiger partial charge in [-0.1, -0.05) is 188 Å². The lowest BCUT2D eigenvalue weighted by Crippen LogP contribution is -2.48. The summed E-state index contributed by atoms with van der Waals surface area (Å²) in [7, 11) is 0. The zero-order valence-electron chi connectivity index (χ0n) is 31.0. The van der Waals surface area contributed by atoms with Crippen LogP contribution in [0.25, 0.3) is 44.1 Å². The zero-order valence-corrected chi connectivity index (χ0v) is 31.0. The first-order chi connectivity index (χ1) is 27.8. The fourth-order valence-corrected chi connectivity index (χ4v) is 9.96. The van der Waals surface area contributed by atoms with Crippen LogP contribution in [0.1, 0.15) is 58.2 Å². The molecule has 1 aromatic heterocycles. The Morgan fingerprint density at radius 2 is 1.02 bits per heavy atom. The molecule has 0 saturated carbocycles. The van der Waals surface area contributed by atoms with Crippen LogP contribution in [0.2, 0.25) is 0 Å². The predicted molar refractivity (Wildman–Crippen MR) is 230 cm³/mol. The molecule has 1 saturated heterocycles. The molecular formula is C53H41N3. The minimum absolute atomic E-state index is 0.116. The first kappa shape index (κ1) is 32.9. The van der Waals surface area contributed by atoms with E-state index in [2.05, 4.69) is 221 Å². The number of aromatic nitrogens is 1. The summed E-state index contributed by atoms with van der Waals surface area (Å²) < 4.78 is 2.53. The van der Waals surface area contributed by atoms with E-state index >= 15 is 0 Å². The second kappa shape index (κ2) is 13.3. The Hall–Kier alpha value is -6.52. The lowest BCUT2D eigenvalue weighted by atomic mass is 9.67. The van der Waals surface area contributed by atoms with Crippen molar-refractivity contribution < 1.29 is 0 Å². The lowest BCUT2D eigenvalue weighted by Gasteiger charge is -2.39. The van der Waals surface area contributed by atoms with Gasteiger partial charge in [0.15, 0.2) is 0 Å². The van der Waals surface area contributed by atoms with Crippen molar-refractivity contribution in [1.82, 2.24) is 15.2 Å². The number of hydrogen-bond acceptors (Lipinski definition) is 2. The van der Waals surface area contributed by atoms with Gasteiger partial charge in [-0.15, -0.1) is 0 Å². The van der Waals surface area contributed by atoms with Crippen molar-refractivity contribution in [3.63, 3.8) is 0 Å². The second-order valence-electron chi connectivity index (χ2n) is 15.3. The van der Waals surface area contributed by atoms with Gasteiger partial charge in [-0.2, -0.15) is 0 Å². The van der Waals surface area contributed by atoms with Crippen LogP contribution in [0.15, 0.2) is 206 Å². The average molecular weight is 720 g/mol. The van der Waals surface area contributed by atoms with Crippen LogP contribution in [-0.2, 0) is 5.41 Å². The summed E-state index contributed by atoms with van der Waals surface area (Å²) in [6.45, 7) is 0. The molecule has 2 N–H and O–H groups in total. The minimum Gasteiger partial charge on any atom is -0.311 e. The van der Waals surface area contributed by atoms with Crippen molar-refractivity contribution in [3.05, 3.63) is 240 Å². The SMILES string of the molecule is c1ccc(-c2cccc(C3CC(c4ccccc4)NC(n4c5ccccc5c5c6c(ccc54)C(c4ccccc4)(c4ccccc4)c4ccccc4-6)N3)c2)cc1. The number of benzene rings is 8. The molecule has 1 aliphatic heterocycles. The van der Waals surface area contributed by atoms with Gasteiger partial charge < -0.3 is 4.57 Å². The number of fused-ring (bicyclic) bond motifs is 7. The van der Waals surface area contributed by atoms with Crippen LogP contribution >= 0.6 is 0 Å². The first-order valence-electron chi connectivity index (χ1n) is 19.8. The van der Waals surface area contributed by atoms with E-state index in [1.54, 1.807) is 0 Å². The second-order valence-corrected chi connectivity index (χ2v) is 15.3. The Kier molecular flexibility index (Phi) is 7.84. The van der Waals surface area contributed by atoms with Crippen LogP contribution in [0.4, 0.5) is 0 Å². The molecular weight excluding hydrogens is 679 g/mol. The molecule has 3 atom stereocenters. The normalized spacial score (nSPS) is 18.5. The molecule has 3 nitrogen and oxygen atoms in total. The highest BCUT2D eigenvalue weighted by Crippen LogP contribution is 2.58. The molecule has 8 aromatic carbocycles. The summed E-state index contributed by atoms with van der Waals surface area (Å²) in [5.41, 5.74) is 14.9. The van der Waals surface area contributed by atoms with E-state index in [0.717, 1.165) is 6.42 Å². The molecule has 2 aliphatic rings. The average Bonchev–Trinajstić information content (AvgIpc) is 3.78. The first-order valence-corrected chi connectivity index (χ1v) is 19.8. The van der Waals surface area contributed by atoms with Gasteiger partial charge >= 0.3 is 0 Å². The number of hydrogen-bond donors (Lipinski definition) is 2. The number of nitrogens with one attached hydrogen (secondary N) is 2. The fraction of sp³-hybridized carbons (Fsp3) is 0.0943. The third kappa shape index (κ3) is 5.05. The number of para-hydroxylation sites is 1. The van der Waals surface area contributed by atoms with Crippen LogP contribution in [-0.4, -0.2) is 4.57 Å². The van der Waals surface area contributed by atoms with Gasteiger partial charge in [-0.3, -0.25) is 10.6 Å². The van der Waals surface area contributed by atoms with Crippen molar-refractivity contribution in [2.45, 2.75) is 30.2 Å². The highest BCUT2D eigenvalue weighted by atomic mass is 15.4. The van der Waals surface area contributed by atoms with Crippen molar-refractivity contribution in [2.24, 2.45) is 0 Å². The monoisotopic (exact) mass is 719 g/mol. The van der Waals surface area contributed by atoms with Gasteiger partial charge in [-0.25, -0.2) is 0 Å². The largest absolute Gasteiger partial charge is 0.311 e. The van der Waals surface area contributed by atoms with Crippen LogP contribution in [0.5, 0.6) is 0 Å². The van der Waals surface area contributed by atoms with E-state index in [0.29, 0.717) is 0 Å². The molecule has 268 valence electrons. The molecule has 0 spiro atoms. The number of rotatable bonds is 6. The molecule has 1 aliphatic carbocycles. The summed E-state index contributed by atoms with van der Waals surface area (Å²) in [5, 5.41) is 10.8. The summed E-state index contributed by atoms with van der Waals surface area (Å²) >= 11 is 0. The van der Waals surface area contributed by atoms with Crippen LogP contribution in [0.3, 0.4) is 0 Å². The van der Waals surface area contributed by atoms with Gasteiger partial charge in [0.25, 0.3) is 0 Å².